The Balaban J connectivity index is 2.05. The molecule has 0 spiro atoms. The molecular formula is C19H20FNO4. The number of carbonyl (C=O) groups is 1. The summed E-state index contributed by atoms with van der Waals surface area (Å²) in [7, 11) is 1.30. The van der Waals surface area contributed by atoms with E-state index < -0.39 is 5.97 Å². The molecule has 5 nitrogen and oxygen atoms in total. The summed E-state index contributed by atoms with van der Waals surface area (Å²) in [6.45, 7) is 1.90. The van der Waals surface area contributed by atoms with E-state index in [4.69, 9.17) is 9.57 Å². The number of phenolic OH excluding ortho intramolecular Hbond substituents is 1. The second-order valence-corrected chi connectivity index (χ2v) is 5.46. The lowest BCUT2D eigenvalue weighted by molar-refractivity contribution is -0.136. The molecule has 0 aromatic heterocycles. The van der Waals surface area contributed by atoms with Crippen molar-refractivity contribution in [2.45, 2.75) is 20.0 Å². The van der Waals surface area contributed by atoms with Gasteiger partial charge in [0, 0.05) is 12.1 Å². The van der Waals surface area contributed by atoms with Crippen LogP contribution in [0.15, 0.2) is 59.8 Å². The quantitative estimate of drug-likeness (QED) is 0.458. The van der Waals surface area contributed by atoms with Gasteiger partial charge >= 0.3 is 5.97 Å². The Kier molecular flexibility index (Phi) is 6.54. The molecule has 0 bridgehead atoms. The summed E-state index contributed by atoms with van der Waals surface area (Å²) in [5.74, 6) is -0.675. The first-order valence-electron chi connectivity index (χ1n) is 7.68. The van der Waals surface area contributed by atoms with Gasteiger partial charge in [-0.1, -0.05) is 24.3 Å². The lowest BCUT2D eigenvalue weighted by atomic mass is 10.0. The third-order valence-electron chi connectivity index (χ3n) is 3.55. The first kappa shape index (κ1) is 18.5. The highest BCUT2D eigenvalue weighted by Crippen LogP contribution is 2.17. The zero-order valence-electron chi connectivity index (χ0n) is 14.1. The molecule has 0 unspecified atom stereocenters. The number of hydrogen-bond donors (Lipinski definition) is 2. The average Bonchev–Trinajstić information content (AvgIpc) is 2.60. The summed E-state index contributed by atoms with van der Waals surface area (Å²) >= 11 is 0. The Morgan fingerprint density at radius 2 is 1.88 bits per heavy atom. The van der Waals surface area contributed by atoms with Gasteiger partial charge in [0.1, 0.15) is 11.6 Å². The number of ether oxygens (including phenoxy) is 1. The summed E-state index contributed by atoms with van der Waals surface area (Å²) in [6.07, 6.45) is 0.278. The molecular weight excluding hydrogens is 325 g/mol. The van der Waals surface area contributed by atoms with Crippen LogP contribution in [0.4, 0.5) is 4.39 Å². The Morgan fingerprint density at radius 1 is 1.16 bits per heavy atom. The predicted molar refractivity (Wildman–Crippen MR) is 90.9 cm³/mol. The summed E-state index contributed by atoms with van der Waals surface area (Å²) in [5.41, 5.74) is 5.15. The molecule has 2 aromatic rings. The molecule has 0 fully saturated rings. The van der Waals surface area contributed by atoms with Gasteiger partial charge in [0.05, 0.1) is 19.3 Å². The van der Waals surface area contributed by atoms with Crippen LogP contribution in [0.3, 0.4) is 0 Å². The number of aromatic hydroxyl groups is 1. The molecule has 2 rings (SSSR count). The van der Waals surface area contributed by atoms with Crippen LogP contribution < -0.4 is 5.48 Å². The molecule has 0 atom stereocenters. The summed E-state index contributed by atoms with van der Waals surface area (Å²) in [4.78, 5) is 17.4. The zero-order valence-corrected chi connectivity index (χ0v) is 14.1. The fraction of sp³-hybridized carbons (Fsp3) is 0.211. The summed E-state index contributed by atoms with van der Waals surface area (Å²) < 4.78 is 17.7. The van der Waals surface area contributed by atoms with E-state index in [1.54, 1.807) is 43.3 Å². The van der Waals surface area contributed by atoms with Crippen molar-refractivity contribution in [1.29, 1.82) is 0 Å². The van der Waals surface area contributed by atoms with Gasteiger partial charge in [-0.05, 0) is 42.3 Å². The third kappa shape index (κ3) is 5.61. The van der Waals surface area contributed by atoms with E-state index in [2.05, 4.69) is 5.48 Å². The predicted octanol–water partition coefficient (Wildman–Crippen LogP) is 3.24. The Hall–Kier alpha value is -2.86. The number of allylic oxidation sites excluding steroid dienone is 1. The molecule has 132 valence electrons. The number of hydroxylamine groups is 1. The second kappa shape index (κ2) is 8.84. The highest BCUT2D eigenvalue weighted by atomic mass is 19.1. The smallest absolute Gasteiger partial charge is 0.335 e. The lowest BCUT2D eigenvalue weighted by Gasteiger charge is -2.13. The van der Waals surface area contributed by atoms with Crippen molar-refractivity contribution in [3.63, 3.8) is 0 Å². The average molecular weight is 345 g/mol. The van der Waals surface area contributed by atoms with Crippen molar-refractivity contribution in [1.82, 2.24) is 5.48 Å². The lowest BCUT2D eigenvalue weighted by Crippen LogP contribution is -2.19. The van der Waals surface area contributed by atoms with Crippen molar-refractivity contribution in [2.24, 2.45) is 0 Å². The van der Waals surface area contributed by atoms with E-state index in [0.717, 1.165) is 11.1 Å². The van der Waals surface area contributed by atoms with Gasteiger partial charge in [0.15, 0.2) is 0 Å². The number of methoxy groups -OCH3 is 1. The molecule has 0 radical (unpaired) electrons. The maximum atomic E-state index is 12.9. The van der Waals surface area contributed by atoms with E-state index in [-0.39, 0.29) is 24.6 Å². The summed E-state index contributed by atoms with van der Waals surface area (Å²) in [5, 5.41) is 9.55. The van der Waals surface area contributed by atoms with E-state index in [0.29, 0.717) is 11.3 Å². The van der Waals surface area contributed by atoms with Gasteiger partial charge in [-0.2, -0.15) is 0 Å². The van der Waals surface area contributed by atoms with Crippen LogP contribution >= 0.6 is 0 Å². The van der Waals surface area contributed by atoms with Crippen LogP contribution in [0.1, 0.15) is 18.1 Å². The fourth-order valence-corrected chi connectivity index (χ4v) is 2.22. The van der Waals surface area contributed by atoms with Gasteiger partial charge in [-0.3, -0.25) is 10.3 Å². The van der Waals surface area contributed by atoms with Gasteiger partial charge in [-0.25, -0.2) is 9.18 Å². The number of carbonyl (C=O) groups excluding carboxylic acids is 1. The summed E-state index contributed by atoms with van der Waals surface area (Å²) in [6, 6.07) is 12.6. The first-order chi connectivity index (χ1) is 12.0. The monoisotopic (exact) mass is 345 g/mol. The van der Waals surface area contributed by atoms with Crippen molar-refractivity contribution >= 4 is 5.97 Å². The van der Waals surface area contributed by atoms with Crippen LogP contribution in [0.25, 0.3) is 0 Å². The SMILES string of the molecule is COC(=O)C(Cc1cccc(O)c1)=C(C)NOCc1ccc(F)cc1. The number of phenols is 1. The Morgan fingerprint density at radius 3 is 2.52 bits per heavy atom. The van der Waals surface area contributed by atoms with Crippen molar-refractivity contribution in [3.05, 3.63) is 76.7 Å². The second-order valence-electron chi connectivity index (χ2n) is 5.46. The van der Waals surface area contributed by atoms with Gasteiger partial charge in [0.2, 0.25) is 0 Å². The van der Waals surface area contributed by atoms with Crippen molar-refractivity contribution in [2.75, 3.05) is 7.11 Å². The van der Waals surface area contributed by atoms with Crippen LogP contribution in [0.5, 0.6) is 5.75 Å². The van der Waals surface area contributed by atoms with Crippen molar-refractivity contribution in [3.8, 4) is 5.75 Å². The molecule has 0 saturated heterocycles. The Labute approximate surface area is 145 Å². The fourth-order valence-electron chi connectivity index (χ4n) is 2.22. The molecule has 0 aliphatic carbocycles. The maximum Gasteiger partial charge on any atom is 0.335 e. The molecule has 25 heavy (non-hydrogen) atoms. The van der Waals surface area contributed by atoms with Crippen LogP contribution in [0.2, 0.25) is 0 Å². The van der Waals surface area contributed by atoms with Gasteiger partial charge in [-0.15, -0.1) is 0 Å². The standard InChI is InChI=1S/C19H20FNO4/c1-13(21-25-12-14-6-8-16(20)9-7-14)18(19(23)24-2)11-15-4-3-5-17(22)10-15/h3-10,21-22H,11-12H2,1-2H3. The highest BCUT2D eigenvalue weighted by Gasteiger charge is 2.15. The van der Waals surface area contributed by atoms with Gasteiger partial charge in [0.25, 0.3) is 0 Å². The molecule has 0 saturated carbocycles. The van der Waals surface area contributed by atoms with E-state index in [1.165, 1.54) is 19.2 Å². The largest absolute Gasteiger partial charge is 0.508 e. The minimum atomic E-state index is -0.487. The number of esters is 1. The number of benzene rings is 2. The molecule has 2 aromatic carbocycles. The normalized spacial score (nSPS) is 11.6. The highest BCUT2D eigenvalue weighted by molar-refractivity contribution is 5.89. The molecule has 6 heteroatoms. The van der Waals surface area contributed by atoms with E-state index >= 15 is 0 Å². The van der Waals surface area contributed by atoms with Crippen LogP contribution in [-0.4, -0.2) is 18.2 Å². The molecule has 0 heterocycles. The molecule has 0 amide bonds. The third-order valence-corrected chi connectivity index (χ3v) is 3.55. The maximum absolute atomic E-state index is 12.9. The molecule has 0 aliphatic rings. The van der Waals surface area contributed by atoms with Crippen molar-refractivity contribution < 1.29 is 23.9 Å². The minimum Gasteiger partial charge on any atom is -0.508 e. The zero-order chi connectivity index (χ0) is 18.2. The minimum absolute atomic E-state index is 0.125. The number of nitrogens with one attached hydrogen (secondary N) is 1. The first-order valence-corrected chi connectivity index (χ1v) is 7.68. The van der Waals surface area contributed by atoms with Crippen LogP contribution in [-0.2, 0) is 27.4 Å². The van der Waals surface area contributed by atoms with Crippen LogP contribution in [0, 0.1) is 5.82 Å². The molecule has 0 aliphatic heterocycles. The van der Waals surface area contributed by atoms with Gasteiger partial charge < -0.3 is 9.84 Å². The Bertz CT molecular complexity index is 756. The topological polar surface area (TPSA) is 67.8 Å². The number of rotatable bonds is 7. The number of halogens is 1. The molecule has 2 N–H and O–H groups in total. The van der Waals surface area contributed by atoms with E-state index in [9.17, 15) is 14.3 Å². The van der Waals surface area contributed by atoms with E-state index in [1.807, 2.05) is 0 Å². The number of hydrogen-bond acceptors (Lipinski definition) is 5.